The second-order valence-corrected chi connectivity index (χ2v) is 5.18. The molecule has 2 saturated carbocycles. The van der Waals surface area contributed by atoms with Crippen molar-refractivity contribution in [3.05, 3.63) is 0 Å². The average Bonchev–Trinajstić information content (AvgIpc) is 3.01. The van der Waals surface area contributed by atoms with E-state index in [4.69, 9.17) is 0 Å². The molecule has 3 heteroatoms. The molecular weight excluding hydrogens is 190 g/mol. The normalized spacial score (nSPS) is 31.9. The zero-order valence-corrected chi connectivity index (χ0v) is 9.48. The van der Waals surface area contributed by atoms with Crippen LogP contribution in [0.25, 0.3) is 0 Å². The van der Waals surface area contributed by atoms with Gasteiger partial charge in [-0.25, -0.2) is 0 Å². The monoisotopic (exact) mass is 211 g/mol. The first-order chi connectivity index (χ1) is 7.18. The summed E-state index contributed by atoms with van der Waals surface area (Å²) in [6, 6.07) is 0.289. The van der Waals surface area contributed by atoms with Gasteiger partial charge < -0.3 is 10.0 Å². The molecule has 0 amide bonds. The van der Waals surface area contributed by atoms with Gasteiger partial charge in [0.25, 0.3) is 0 Å². The smallest absolute Gasteiger partial charge is 0.308 e. The van der Waals surface area contributed by atoms with Gasteiger partial charge in [0.15, 0.2) is 0 Å². The molecule has 2 unspecified atom stereocenters. The van der Waals surface area contributed by atoms with Crippen molar-refractivity contribution in [2.75, 3.05) is 13.6 Å². The highest BCUT2D eigenvalue weighted by Gasteiger charge is 2.35. The predicted octanol–water partition coefficient (Wildman–Crippen LogP) is 1.97. The van der Waals surface area contributed by atoms with Crippen LogP contribution in [-0.4, -0.2) is 35.6 Å². The largest absolute Gasteiger partial charge is 0.481 e. The SMILES string of the molecule is CN(CC1CC1)C1CCCCC1C(=O)O. The van der Waals surface area contributed by atoms with E-state index in [1.165, 1.54) is 19.3 Å². The quantitative estimate of drug-likeness (QED) is 0.773. The third kappa shape index (κ3) is 2.71. The molecule has 0 bridgehead atoms. The Morgan fingerprint density at radius 3 is 2.53 bits per heavy atom. The van der Waals surface area contributed by atoms with E-state index in [9.17, 15) is 9.90 Å². The standard InChI is InChI=1S/C12H21NO2/c1-13(8-9-6-7-9)11-5-3-2-4-10(11)12(14)15/h9-11H,2-8H2,1H3,(H,14,15). The van der Waals surface area contributed by atoms with E-state index in [0.717, 1.165) is 31.7 Å². The van der Waals surface area contributed by atoms with Crippen LogP contribution in [0.15, 0.2) is 0 Å². The summed E-state index contributed by atoms with van der Waals surface area (Å²) in [6.45, 7) is 1.11. The molecule has 3 nitrogen and oxygen atoms in total. The lowest BCUT2D eigenvalue weighted by Gasteiger charge is -2.35. The molecule has 0 aromatic heterocycles. The molecule has 0 saturated heterocycles. The minimum Gasteiger partial charge on any atom is -0.481 e. The fourth-order valence-electron chi connectivity index (χ4n) is 2.77. The van der Waals surface area contributed by atoms with Gasteiger partial charge in [-0.05, 0) is 38.6 Å². The summed E-state index contributed by atoms with van der Waals surface area (Å²) in [5.41, 5.74) is 0. The number of rotatable bonds is 4. The summed E-state index contributed by atoms with van der Waals surface area (Å²) in [5, 5.41) is 9.18. The van der Waals surface area contributed by atoms with Crippen molar-refractivity contribution in [1.29, 1.82) is 0 Å². The fraction of sp³-hybridized carbons (Fsp3) is 0.917. The highest BCUT2D eigenvalue weighted by Crippen LogP contribution is 2.33. The van der Waals surface area contributed by atoms with Crippen molar-refractivity contribution in [1.82, 2.24) is 4.90 Å². The molecule has 0 radical (unpaired) electrons. The Hall–Kier alpha value is -0.570. The first-order valence-electron chi connectivity index (χ1n) is 6.11. The summed E-state index contributed by atoms with van der Waals surface area (Å²) >= 11 is 0. The van der Waals surface area contributed by atoms with E-state index in [1.54, 1.807) is 0 Å². The topological polar surface area (TPSA) is 40.5 Å². The molecule has 0 heterocycles. The van der Waals surface area contributed by atoms with Crippen molar-refractivity contribution in [3.63, 3.8) is 0 Å². The van der Waals surface area contributed by atoms with Crippen LogP contribution in [0, 0.1) is 11.8 Å². The number of nitrogens with zero attached hydrogens (tertiary/aromatic N) is 1. The lowest BCUT2D eigenvalue weighted by Crippen LogP contribution is -2.44. The Bertz CT molecular complexity index is 238. The maximum Gasteiger partial charge on any atom is 0.308 e. The van der Waals surface area contributed by atoms with Gasteiger partial charge in [0, 0.05) is 12.6 Å². The number of hydrogen-bond donors (Lipinski definition) is 1. The van der Waals surface area contributed by atoms with E-state index in [1.807, 2.05) is 0 Å². The molecule has 2 atom stereocenters. The molecule has 2 aliphatic rings. The zero-order chi connectivity index (χ0) is 10.8. The van der Waals surface area contributed by atoms with Crippen molar-refractivity contribution in [2.45, 2.75) is 44.6 Å². The molecule has 2 rings (SSSR count). The molecule has 0 aromatic carbocycles. The molecule has 2 fully saturated rings. The molecular formula is C12H21NO2. The summed E-state index contributed by atoms with van der Waals surface area (Å²) in [5.74, 6) is 0.135. The van der Waals surface area contributed by atoms with E-state index in [0.29, 0.717) is 0 Å². The number of carboxylic acids is 1. The second-order valence-electron chi connectivity index (χ2n) is 5.18. The van der Waals surface area contributed by atoms with Crippen molar-refractivity contribution >= 4 is 5.97 Å². The van der Waals surface area contributed by atoms with Gasteiger partial charge in [-0.15, -0.1) is 0 Å². The number of carbonyl (C=O) groups is 1. The second kappa shape index (κ2) is 4.52. The highest BCUT2D eigenvalue weighted by molar-refractivity contribution is 5.71. The minimum absolute atomic E-state index is 0.123. The van der Waals surface area contributed by atoms with Crippen LogP contribution >= 0.6 is 0 Å². The van der Waals surface area contributed by atoms with Crippen LogP contribution in [0.5, 0.6) is 0 Å². The van der Waals surface area contributed by atoms with Crippen LogP contribution in [0.4, 0.5) is 0 Å². The number of carboxylic acid groups (broad SMARTS) is 1. The van der Waals surface area contributed by atoms with Gasteiger partial charge in [0.05, 0.1) is 5.92 Å². The summed E-state index contributed by atoms with van der Waals surface area (Å²) in [6.07, 6.45) is 6.91. The van der Waals surface area contributed by atoms with Gasteiger partial charge in [-0.3, -0.25) is 4.79 Å². The third-order valence-corrected chi connectivity index (χ3v) is 3.86. The maximum absolute atomic E-state index is 11.1. The Morgan fingerprint density at radius 2 is 1.93 bits per heavy atom. The van der Waals surface area contributed by atoms with Crippen molar-refractivity contribution in [3.8, 4) is 0 Å². The van der Waals surface area contributed by atoms with Crippen LogP contribution in [0.1, 0.15) is 38.5 Å². The third-order valence-electron chi connectivity index (χ3n) is 3.86. The van der Waals surface area contributed by atoms with Gasteiger partial charge >= 0.3 is 5.97 Å². The van der Waals surface area contributed by atoms with Crippen molar-refractivity contribution in [2.24, 2.45) is 11.8 Å². The number of hydrogen-bond acceptors (Lipinski definition) is 2. The van der Waals surface area contributed by atoms with E-state index in [2.05, 4.69) is 11.9 Å². The van der Waals surface area contributed by atoms with Crippen LogP contribution in [0.2, 0.25) is 0 Å². The van der Waals surface area contributed by atoms with E-state index in [-0.39, 0.29) is 12.0 Å². The Kier molecular flexibility index (Phi) is 3.29. The average molecular weight is 211 g/mol. The van der Waals surface area contributed by atoms with Gasteiger partial charge in [0.1, 0.15) is 0 Å². The minimum atomic E-state index is -0.595. The molecule has 2 aliphatic carbocycles. The Morgan fingerprint density at radius 1 is 1.27 bits per heavy atom. The molecule has 0 spiro atoms. The Balaban J connectivity index is 1.92. The van der Waals surface area contributed by atoms with Crippen LogP contribution < -0.4 is 0 Å². The van der Waals surface area contributed by atoms with E-state index >= 15 is 0 Å². The maximum atomic E-state index is 11.1. The molecule has 0 aromatic rings. The van der Waals surface area contributed by atoms with Gasteiger partial charge in [-0.1, -0.05) is 12.8 Å². The molecule has 1 N–H and O–H groups in total. The highest BCUT2D eigenvalue weighted by atomic mass is 16.4. The lowest BCUT2D eigenvalue weighted by atomic mass is 9.83. The first kappa shape index (κ1) is 10.9. The van der Waals surface area contributed by atoms with Gasteiger partial charge in [-0.2, -0.15) is 0 Å². The van der Waals surface area contributed by atoms with Crippen LogP contribution in [-0.2, 0) is 4.79 Å². The summed E-state index contributed by atoms with van der Waals surface area (Å²) in [4.78, 5) is 13.4. The molecule has 86 valence electrons. The lowest BCUT2D eigenvalue weighted by molar-refractivity contribution is -0.145. The van der Waals surface area contributed by atoms with Gasteiger partial charge in [0.2, 0.25) is 0 Å². The van der Waals surface area contributed by atoms with Crippen LogP contribution in [0.3, 0.4) is 0 Å². The molecule has 0 aliphatic heterocycles. The summed E-state index contributed by atoms with van der Waals surface area (Å²) < 4.78 is 0. The zero-order valence-electron chi connectivity index (χ0n) is 9.48. The fourth-order valence-corrected chi connectivity index (χ4v) is 2.77. The van der Waals surface area contributed by atoms with E-state index < -0.39 is 5.97 Å². The number of aliphatic carboxylic acids is 1. The predicted molar refractivity (Wildman–Crippen MR) is 58.7 cm³/mol. The first-order valence-corrected chi connectivity index (χ1v) is 6.11. The Labute approximate surface area is 91.5 Å². The molecule has 15 heavy (non-hydrogen) atoms. The summed E-state index contributed by atoms with van der Waals surface area (Å²) in [7, 11) is 2.10. The van der Waals surface area contributed by atoms with Crippen molar-refractivity contribution < 1.29 is 9.90 Å².